The first-order chi connectivity index (χ1) is 6.77. The summed E-state index contributed by atoms with van der Waals surface area (Å²) >= 11 is 0. The zero-order chi connectivity index (χ0) is 10.4. The summed E-state index contributed by atoms with van der Waals surface area (Å²) in [5.74, 6) is -0.284. The minimum atomic E-state index is -0.284. The molecule has 0 fully saturated rings. The summed E-state index contributed by atoms with van der Waals surface area (Å²) in [5, 5.41) is 0. The monoisotopic (exact) mass is 191 g/mol. The average molecular weight is 191 g/mol. The number of benzene rings is 1. The van der Waals surface area contributed by atoms with Crippen LogP contribution in [0.15, 0.2) is 24.3 Å². The summed E-state index contributed by atoms with van der Waals surface area (Å²) in [4.78, 5) is 11.1. The highest BCUT2D eigenvalue weighted by atomic mass is 16.5. The van der Waals surface area contributed by atoms with Gasteiger partial charge < -0.3 is 4.74 Å². The topological polar surface area (TPSA) is 26.3 Å². The number of aryl methyl sites for hydroxylation is 1. The zero-order valence-electron chi connectivity index (χ0n) is 8.45. The maximum Gasteiger partial charge on any atom is 0.337 e. The number of carbonyl (C=O) groups excluding carboxylic acids is 1. The van der Waals surface area contributed by atoms with Crippen molar-refractivity contribution < 1.29 is 9.53 Å². The lowest BCUT2D eigenvalue weighted by atomic mass is 10.1. The van der Waals surface area contributed by atoms with E-state index < -0.39 is 0 Å². The van der Waals surface area contributed by atoms with Crippen LogP contribution in [0.5, 0.6) is 0 Å². The largest absolute Gasteiger partial charge is 0.465 e. The minimum Gasteiger partial charge on any atom is -0.465 e. The predicted molar refractivity (Wildman–Crippen MR) is 56.1 cm³/mol. The van der Waals surface area contributed by atoms with Crippen molar-refractivity contribution in [2.24, 2.45) is 0 Å². The Kier molecular flexibility index (Phi) is 4.17. The second kappa shape index (κ2) is 5.43. The number of methoxy groups -OCH3 is 1. The third-order valence-corrected chi connectivity index (χ3v) is 2.09. The average Bonchev–Trinajstić information content (AvgIpc) is 2.26. The van der Waals surface area contributed by atoms with Crippen molar-refractivity contribution in [2.45, 2.75) is 19.3 Å². The fourth-order valence-corrected chi connectivity index (χ4v) is 1.25. The Morgan fingerprint density at radius 2 is 2.00 bits per heavy atom. The molecular weight excluding hydrogens is 176 g/mol. The molecule has 0 aliphatic carbocycles. The van der Waals surface area contributed by atoms with Gasteiger partial charge in [-0.1, -0.05) is 25.5 Å². The third kappa shape index (κ3) is 2.87. The van der Waals surface area contributed by atoms with E-state index in [-0.39, 0.29) is 5.97 Å². The molecule has 0 saturated carbocycles. The summed E-state index contributed by atoms with van der Waals surface area (Å²) in [7, 11) is 1.39. The molecule has 2 heteroatoms. The molecule has 1 aromatic rings. The highest BCUT2D eigenvalue weighted by molar-refractivity contribution is 5.89. The van der Waals surface area contributed by atoms with Gasteiger partial charge in [0.15, 0.2) is 0 Å². The Balaban J connectivity index is 2.63. The number of ether oxygens (including phenoxy) is 1. The Morgan fingerprint density at radius 1 is 1.36 bits per heavy atom. The summed E-state index contributed by atoms with van der Waals surface area (Å²) < 4.78 is 4.61. The minimum absolute atomic E-state index is 0.284. The maximum absolute atomic E-state index is 11.1. The molecule has 0 aromatic heterocycles. The third-order valence-electron chi connectivity index (χ3n) is 2.09. The van der Waals surface area contributed by atoms with Crippen LogP contribution >= 0.6 is 0 Å². The second-order valence-electron chi connectivity index (χ2n) is 3.15. The molecule has 0 atom stereocenters. The fourth-order valence-electron chi connectivity index (χ4n) is 1.25. The van der Waals surface area contributed by atoms with Gasteiger partial charge in [0.2, 0.25) is 0 Å². The van der Waals surface area contributed by atoms with Crippen LogP contribution in [0.4, 0.5) is 0 Å². The van der Waals surface area contributed by atoms with E-state index in [0.717, 1.165) is 19.3 Å². The Bertz CT molecular complexity index is 288. The Hall–Kier alpha value is -1.31. The van der Waals surface area contributed by atoms with Gasteiger partial charge in [-0.2, -0.15) is 0 Å². The smallest absolute Gasteiger partial charge is 0.337 e. The molecule has 0 unspecified atom stereocenters. The number of rotatable bonds is 4. The van der Waals surface area contributed by atoms with Crippen LogP contribution in [0.25, 0.3) is 0 Å². The SMILES string of the molecule is [CH2]CCCc1ccc(C(=O)OC)cc1. The molecular formula is C12H15O2. The van der Waals surface area contributed by atoms with Gasteiger partial charge in [0.05, 0.1) is 12.7 Å². The van der Waals surface area contributed by atoms with Gasteiger partial charge in [0.25, 0.3) is 0 Å². The Morgan fingerprint density at radius 3 is 2.50 bits per heavy atom. The van der Waals surface area contributed by atoms with Gasteiger partial charge in [-0.3, -0.25) is 0 Å². The van der Waals surface area contributed by atoms with Gasteiger partial charge >= 0.3 is 5.97 Å². The lowest BCUT2D eigenvalue weighted by Crippen LogP contribution is -2.00. The number of unbranched alkanes of at least 4 members (excludes halogenated alkanes) is 1. The zero-order valence-corrected chi connectivity index (χ0v) is 8.45. The molecule has 0 spiro atoms. The molecule has 75 valence electrons. The lowest BCUT2D eigenvalue weighted by molar-refractivity contribution is 0.0600. The van der Waals surface area contributed by atoms with Gasteiger partial charge in [0.1, 0.15) is 0 Å². The van der Waals surface area contributed by atoms with E-state index in [1.165, 1.54) is 12.7 Å². The molecule has 0 saturated heterocycles. The van der Waals surface area contributed by atoms with Crippen molar-refractivity contribution in [3.63, 3.8) is 0 Å². The molecule has 1 radical (unpaired) electrons. The van der Waals surface area contributed by atoms with Crippen LogP contribution in [-0.4, -0.2) is 13.1 Å². The number of hydrogen-bond acceptors (Lipinski definition) is 2. The number of esters is 1. The number of hydrogen-bond donors (Lipinski definition) is 0. The number of carbonyl (C=O) groups is 1. The van der Waals surface area contributed by atoms with Crippen molar-refractivity contribution >= 4 is 5.97 Å². The van der Waals surface area contributed by atoms with E-state index in [0.29, 0.717) is 5.56 Å². The molecule has 14 heavy (non-hydrogen) atoms. The van der Waals surface area contributed by atoms with Gasteiger partial charge in [-0.25, -0.2) is 4.79 Å². The predicted octanol–water partition coefficient (Wildman–Crippen LogP) is 2.63. The molecule has 0 N–H and O–H groups in total. The standard InChI is InChI=1S/C12H15O2/c1-3-4-5-10-6-8-11(9-7-10)12(13)14-2/h6-9H,1,3-5H2,2H3. The van der Waals surface area contributed by atoms with Crippen LogP contribution in [0.1, 0.15) is 28.8 Å². The first-order valence-electron chi connectivity index (χ1n) is 4.74. The van der Waals surface area contributed by atoms with E-state index in [1.807, 2.05) is 12.1 Å². The summed E-state index contributed by atoms with van der Waals surface area (Å²) in [6.07, 6.45) is 3.04. The van der Waals surface area contributed by atoms with Crippen molar-refractivity contribution in [3.05, 3.63) is 42.3 Å². The van der Waals surface area contributed by atoms with Crippen LogP contribution in [0.2, 0.25) is 0 Å². The summed E-state index contributed by atoms with van der Waals surface area (Å²) in [6.45, 7) is 3.79. The summed E-state index contributed by atoms with van der Waals surface area (Å²) in [6, 6.07) is 7.51. The van der Waals surface area contributed by atoms with E-state index in [4.69, 9.17) is 0 Å². The van der Waals surface area contributed by atoms with Gasteiger partial charge in [0, 0.05) is 0 Å². The van der Waals surface area contributed by atoms with Crippen molar-refractivity contribution in [3.8, 4) is 0 Å². The highest BCUT2D eigenvalue weighted by Gasteiger charge is 2.03. The molecule has 2 nitrogen and oxygen atoms in total. The fraction of sp³-hybridized carbons (Fsp3) is 0.333. The van der Waals surface area contributed by atoms with E-state index in [9.17, 15) is 4.79 Å². The molecule has 0 heterocycles. The van der Waals surface area contributed by atoms with Crippen molar-refractivity contribution in [1.82, 2.24) is 0 Å². The Labute approximate surface area is 84.9 Å². The molecule has 1 rings (SSSR count). The summed E-state index contributed by atoms with van der Waals surface area (Å²) in [5.41, 5.74) is 1.84. The van der Waals surface area contributed by atoms with Crippen molar-refractivity contribution in [2.75, 3.05) is 7.11 Å². The first kappa shape index (κ1) is 10.8. The second-order valence-corrected chi connectivity index (χ2v) is 3.15. The highest BCUT2D eigenvalue weighted by Crippen LogP contribution is 2.08. The van der Waals surface area contributed by atoms with E-state index in [2.05, 4.69) is 11.7 Å². The van der Waals surface area contributed by atoms with Gasteiger partial charge in [-0.15, -0.1) is 0 Å². The quantitative estimate of drug-likeness (QED) is 0.684. The van der Waals surface area contributed by atoms with Crippen LogP contribution < -0.4 is 0 Å². The molecule has 0 amide bonds. The van der Waals surface area contributed by atoms with E-state index >= 15 is 0 Å². The first-order valence-corrected chi connectivity index (χ1v) is 4.74. The van der Waals surface area contributed by atoms with Crippen LogP contribution in [0.3, 0.4) is 0 Å². The molecule has 0 aliphatic heterocycles. The maximum atomic E-state index is 11.1. The molecule has 0 bridgehead atoms. The lowest BCUT2D eigenvalue weighted by Gasteiger charge is -2.01. The van der Waals surface area contributed by atoms with Gasteiger partial charge in [-0.05, 0) is 30.5 Å². The van der Waals surface area contributed by atoms with Crippen molar-refractivity contribution in [1.29, 1.82) is 0 Å². The van der Waals surface area contributed by atoms with Crippen LogP contribution in [0, 0.1) is 6.92 Å². The molecule has 1 aromatic carbocycles. The normalized spacial score (nSPS) is 9.86. The molecule has 0 aliphatic rings. The van der Waals surface area contributed by atoms with E-state index in [1.54, 1.807) is 12.1 Å². The van der Waals surface area contributed by atoms with Crippen LogP contribution in [-0.2, 0) is 11.2 Å².